The standard InChI is InChI=1S/C11H14N2O4/c1-7-2-10(14)12(3-8-5-16-8)13(11(7)15)4-9-6-17-9/h2,8-9H,3-6H2,1H3. The van der Waals surface area contributed by atoms with Crippen molar-refractivity contribution in [1.29, 1.82) is 0 Å². The summed E-state index contributed by atoms with van der Waals surface area (Å²) in [6.07, 6.45) is 0.140. The summed E-state index contributed by atoms with van der Waals surface area (Å²) in [4.78, 5) is 23.9. The molecule has 0 spiro atoms. The highest BCUT2D eigenvalue weighted by atomic mass is 16.6. The van der Waals surface area contributed by atoms with Crippen LogP contribution < -0.4 is 11.1 Å². The minimum Gasteiger partial charge on any atom is -0.371 e. The van der Waals surface area contributed by atoms with E-state index in [1.807, 2.05) is 0 Å². The minimum atomic E-state index is -0.154. The largest absolute Gasteiger partial charge is 0.371 e. The summed E-state index contributed by atoms with van der Waals surface area (Å²) in [5.74, 6) is 0. The van der Waals surface area contributed by atoms with E-state index in [4.69, 9.17) is 9.47 Å². The van der Waals surface area contributed by atoms with Crippen LogP contribution in [0.2, 0.25) is 0 Å². The molecule has 2 saturated heterocycles. The summed E-state index contributed by atoms with van der Waals surface area (Å²) in [6, 6.07) is 1.38. The zero-order chi connectivity index (χ0) is 12.0. The number of rotatable bonds is 4. The van der Waals surface area contributed by atoms with Crippen molar-refractivity contribution in [3.8, 4) is 0 Å². The third-order valence-corrected chi connectivity index (χ3v) is 3.02. The average Bonchev–Trinajstić information content (AvgIpc) is 3.13. The Hall–Kier alpha value is -1.40. The van der Waals surface area contributed by atoms with Crippen molar-refractivity contribution < 1.29 is 9.47 Å². The first-order valence-corrected chi connectivity index (χ1v) is 5.70. The summed E-state index contributed by atoms with van der Waals surface area (Å²) in [7, 11) is 0. The SMILES string of the molecule is Cc1cc(=O)n(CC2CO2)n(CC2CO2)c1=O. The lowest BCUT2D eigenvalue weighted by molar-refractivity contribution is 0.305. The van der Waals surface area contributed by atoms with Crippen molar-refractivity contribution in [1.82, 2.24) is 9.36 Å². The van der Waals surface area contributed by atoms with E-state index in [1.165, 1.54) is 15.4 Å². The molecule has 3 heterocycles. The van der Waals surface area contributed by atoms with E-state index < -0.39 is 0 Å². The minimum absolute atomic E-state index is 0.0697. The zero-order valence-corrected chi connectivity index (χ0v) is 9.59. The summed E-state index contributed by atoms with van der Waals surface area (Å²) < 4.78 is 13.2. The van der Waals surface area contributed by atoms with Gasteiger partial charge in [0.2, 0.25) is 0 Å². The molecule has 1 aromatic heterocycles. The number of hydrogen-bond acceptors (Lipinski definition) is 4. The lowest BCUT2D eigenvalue weighted by atomic mass is 10.3. The van der Waals surface area contributed by atoms with Crippen LogP contribution >= 0.6 is 0 Å². The molecule has 2 atom stereocenters. The lowest BCUT2D eigenvalue weighted by Gasteiger charge is -2.14. The topological polar surface area (TPSA) is 69.1 Å². The highest BCUT2D eigenvalue weighted by Crippen LogP contribution is 2.13. The molecule has 92 valence electrons. The third-order valence-electron chi connectivity index (χ3n) is 3.02. The number of hydrogen-bond donors (Lipinski definition) is 0. The molecule has 0 saturated carbocycles. The van der Waals surface area contributed by atoms with Crippen LogP contribution in [0.1, 0.15) is 5.56 Å². The first kappa shape index (κ1) is 10.7. The highest BCUT2D eigenvalue weighted by molar-refractivity contribution is 5.05. The Morgan fingerprint density at radius 2 is 1.71 bits per heavy atom. The van der Waals surface area contributed by atoms with Gasteiger partial charge in [-0.3, -0.25) is 9.59 Å². The number of aryl methyl sites for hydroxylation is 1. The van der Waals surface area contributed by atoms with E-state index in [9.17, 15) is 9.59 Å². The fourth-order valence-corrected chi connectivity index (χ4v) is 1.86. The fraction of sp³-hybridized carbons (Fsp3) is 0.636. The smallest absolute Gasteiger partial charge is 0.268 e. The molecule has 2 aliphatic rings. The molecular formula is C11H14N2O4. The Morgan fingerprint density at radius 1 is 1.18 bits per heavy atom. The number of aromatic nitrogens is 2. The Kier molecular flexibility index (Phi) is 2.41. The molecule has 2 aliphatic heterocycles. The van der Waals surface area contributed by atoms with Crippen LogP contribution in [0.5, 0.6) is 0 Å². The van der Waals surface area contributed by atoms with Gasteiger partial charge in [-0.2, -0.15) is 0 Å². The van der Waals surface area contributed by atoms with Crippen LogP contribution in [0.25, 0.3) is 0 Å². The first-order chi connectivity index (χ1) is 8.15. The average molecular weight is 238 g/mol. The molecule has 0 bridgehead atoms. The Morgan fingerprint density at radius 3 is 2.24 bits per heavy atom. The van der Waals surface area contributed by atoms with Gasteiger partial charge in [0.05, 0.1) is 26.3 Å². The van der Waals surface area contributed by atoms with Crippen LogP contribution in [0.3, 0.4) is 0 Å². The van der Waals surface area contributed by atoms with Crippen molar-refractivity contribution >= 4 is 0 Å². The molecule has 2 unspecified atom stereocenters. The van der Waals surface area contributed by atoms with Gasteiger partial charge in [-0.1, -0.05) is 0 Å². The van der Waals surface area contributed by atoms with Gasteiger partial charge >= 0.3 is 0 Å². The van der Waals surface area contributed by atoms with Crippen molar-refractivity contribution in [2.75, 3.05) is 13.2 Å². The Labute approximate surface area is 97.4 Å². The van der Waals surface area contributed by atoms with Crippen LogP contribution in [-0.2, 0) is 22.6 Å². The predicted octanol–water partition coefficient (Wildman–Crippen LogP) is -0.884. The van der Waals surface area contributed by atoms with E-state index >= 15 is 0 Å². The molecule has 6 nitrogen and oxygen atoms in total. The first-order valence-electron chi connectivity index (χ1n) is 5.70. The van der Waals surface area contributed by atoms with Crippen molar-refractivity contribution in [2.45, 2.75) is 32.2 Å². The second-order valence-electron chi connectivity index (χ2n) is 4.55. The molecule has 3 rings (SSSR count). The summed E-state index contributed by atoms with van der Waals surface area (Å²) in [6.45, 7) is 3.87. The van der Waals surface area contributed by atoms with Gasteiger partial charge in [0.1, 0.15) is 12.2 Å². The quantitative estimate of drug-likeness (QED) is 0.638. The molecule has 0 N–H and O–H groups in total. The van der Waals surface area contributed by atoms with Gasteiger partial charge in [0, 0.05) is 11.6 Å². The van der Waals surface area contributed by atoms with Crippen LogP contribution in [0.15, 0.2) is 15.7 Å². The molecule has 0 aliphatic carbocycles. The number of nitrogens with zero attached hydrogens (tertiary/aromatic N) is 2. The molecule has 1 aromatic rings. The predicted molar refractivity (Wildman–Crippen MR) is 59.2 cm³/mol. The third kappa shape index (κ3) is 2.18. The lowest BCUT2D eigenvalue weighted by Crippen LogP contribution is -2.41. The maximum Gasteiger partial charge on any atom is 0.268 e. The van der Waals surface area contributed by atoms with E-state index in [-0.39, 0.29) is 23.3 Å². The molecular weight excluding hydrogens is 224 g/mol. The van der Waals surface area contributed by atoms with E-state index in [1.54, 1.807) is 6.92 Å². The van der Waals surface area contributed by atoms with Crippen LogP contribution in [0, 0.1) is 6.92 Å². The molecule has 0 radical (unpaired) electrons. The van der Waals surface area contributed by atoms with Crippen molar-refractivity contribution in [3.63, 3.8) is 0 Å². The van der Waals surface area contributed by atoms with Crippen molar-refractivity contribution in [2.24, 2.45) is 0 Å². The van der Waals surface area contributed by atoms with E-state index in [0.717, 1.165) is 0 Å². The second kappa shape index (κ2) is 3.82. The number of epoxide rings is 2. The fourth-order valence-electron chi connectivity index (χ4n) is 1.86. The monoisotopic (exact) mass is 238 g/mol. The summed E-state index contributed by atoms with van der Waals surface area (Å²) in [5, 5.41) is 0. The second-order valence-corrected chi connectivity index (χ2v) is 4.55. The normalized spacial score (nSPS) is 25.9. The molecule has 0 amide bonds. The molecule has 0 aromatic carbocycles. The van der Waals surface area contributed by atoms with Gasteiger partial charge < -0.3 is 9.47 Å². The van der Waals surface area contributed by atoms with Crippen LogP contribution in [0.4, 0.5) is 0 Å². The number of ether oxygens (including phenoxy) is 2. The Balaban J connectivity index is 2.04. The van der Waals surface area contributed by atoms with Gasteiger partial charge in [-0.25, -0.2) is 9.36 Å². The van der Waals surface area contributed by atoms with Gasteiger partial charge in [0.15, 0.2) is 0 Å². The molecule has 2 fully saturated rings. The van der Waals surface area contributed by atoms with Gasteiger partial charge in [0.25, 0.3) is 11.1 Å². The maximum atomic E-state index is 12.0. The maximum absolute atomic E-state index is 12.0. The summed E-state index contributed by atoms with van der Waals surface area (Å²) in [5.41, 5.74) is 0.197. The molecule has 6 heteroatoms. The molecule has 17 heavy (non-hydrogen) atoms. The van der Waals surface area contributed by atoms with Crippen LogP contribution in [-0.4, -0.2) is 34.8 Å². The van der Waals surface area contributed by atoms with Crippen molar-refractivity contribution in [3.05, 3.63) is 32.3 Å². The van der Waals surface area contributed by atoms with Gasteiger partial charge in [-0.05, 0) is 6.92 Å². The van der Waals surface area contributed by atoms with E-state index in [0.29, 0.717) is 31.9 Å². The summed E-state index contributed by atoms with van der Waals surface area (Å²) >= 11 is 0. The highest BCUT2D eigenvalue weighted by Gasteiger charge is 2.28. The zero-order valence-electron chi connectivity index (χ0n) is 9.59. The van der Waals surface area contributed by atoms with E-state index in [2.05, 4.69) is 0 Å². The Bertz CT molecular complexity index is 552. The van der Waals surface area contributed by atoms with Gasteiger partial charge in [-0.15, -0.1) is 0 Å².